The van der Waals surface area contributed by atoms with Crippen LogP contribution >= 0.6 is 0 Å². The van der Waals surface area contributed by atoms with E-state index in [1.165, 1.54) is 11.1 Å². The molecule has 1 fully saturated rings. The van der Waals surface area contributed by atoms with E-state index in [9.17, 15) is 19.9 Å². The molecule has 0 bridgehead atoms. The predicted octanol–water partition coefficient (Wildman–Crippen LogP) is 2.81. The number of carbonyl (C=O) groups is 2. The van der Waals surface area contributed by atoms with Crippen molar-refractivity contribution in [3.05, 3.63) is 12.2 Å². The molecule has 1 unspecified atom stereocenters. The molecule has 0 aliphatic carbocycles. The lowest BCUT2D eigenvalue weighted by atomic mass is 9.78. The monoisotopic (exact) mass is 384 g/mol. The highest BCUT2D eigenvalue weighted by atomic mass is 16.5. The number of amides is 1. The number of carbonyl (C=O) groups excluding carboxylic acids is 1. The number of carboxylic acid groups (broad SMARTS) is 1. The van der Waals surface area contributed by atoms with E-state index in [2.05, 4.69) is 0 Å². The van der Waals surface area contributed by atoms with Gasteiger partial charge in [0.05, 0.1) is 6.10 Å². The number of rotatable bonds is 9. The Morgan fingerprint density at radius 3 is 2.19 bits per heavy atom. The normalized spacial score (nSPS) is 21.3. The van der Waals surface area contributed by atoms with Crippen molar-refractivity contribution in [1.29, 1.82) is 0 Å². The maximum Gasteiger partial charge on any atom is 0.328 e. The fraction of sp³-hybridized carbons (Fsp3) is 0.800. The molecule has 1 aliphatic heterocycles. The van der Waals surface area contributed by atoms with Crippen molar-refractivity contribution in [2.75, 3.05) is 6.54 Å². The minimum Gasteiger partial charge on any atom is -0.478 e. The van der Waals surface area contributed by atoms with E-state index >= 15 is 0 Å². The molecule has 0 radical (unpaired) electrons. The molecule has 7 nitrogen and oxygen atoms in total. The zero-order chi connectivity index (χ0) is 20.8. The smallest absolute Gasteiger partial charge is 0.328 e. The van der Waals surface area contributed by atoms with E-state index in [0.29, 0.717) is 25.8 Å². The minimum atomic E-state index is -1.06. The van der Waals surface area contributed by atoms with Gasteiger partial charge in [0.2, 0.25) is 5.91 Å². The van der Waals surface area contributed by atoms with Crippen LogP contribution in [0.4, 0.5) is 0 Å². The summed E-state index contributed by atoms with van der Waals surface area (Å²) in [5.41, 5.74) is -0.804. The van der Waals surface area contributed by atoms with Crippen molar-refractivity contribution < 1.29 is 25.0 Å². The second-order valence-corrected chi connectivity index (χ2v) is 8.83. The molecular weight excluding hydrogens is 348 g/mol. The van der Waals surface area contributed by atoms with Gasteiger partial charge in [-0.15, -0.1) is 0 Å². The van der Waals surface area contributed by atoms with Gasteiger partial charge in [-0.25, -0.2) is 4.79 Å². The van der Waals surface area contributed by atoms with E-state index in [0.717, 1.165) is 25.3 Å². The van der Waals surface area contributed by atoms with Gasteiger partial charge in [0.15, 0.2) is 0 Å². The van der Waals surface area contributed by atoms with Crippen LogP contribution in [0.3, 0.4) is 0 Å². The number of aliphatic hydroxyl groups excluding tert-OH is 1. The highest BCUT2D eigenvalue weighted by Gasteiger charge is 2.46. The zero-order valence-electron chi connectivity index (χ0n) is 17.3. The maximum atomic E-state index is 12.2. The molecule has 1 amide bonds. The van der Waals surface area contributed by atoms with Gasteiger partial charge < -0.3 is 20.3 Å². The van der Waals surface area contributed by atoms with Crippen LogP contribution in [0.2, 0.25) is 0 Å². The number of nitrogens with zero attached hydrogens (tertiary/aromatic N) is 2. The molecule has 1 saturated heterocycles. The quantitative estimate of drug-likeness (QED) is 0.417. The SMILES string of the molecule is CC(=O)N(CCCCCC(O)C=CC(=O)O)C1CC(C)(C)N(O)C(C)(C)C1. The van der Waals surface area contributed by atoms with Crippen LogP contribution in [0, 0.1) is 0 Å². The zero-order valence-corrected chi connectivity index (χ0v) is 17.3. The van der Waals surface area contributed by atoms with Crippen molar-refractivity contribution in [2.24, 2.45) is 0 Å². The van der Waals surface area contributed by atoms with Crippen LogP contribution in [0.25, 0.3) is 0 Å². The first-order valence-corrected chi connectivity index (χ1v) is 9.72. The van der Waals surface area contributed by atoms with E-state index in [4.69, 9.17) is 5.11 Å². The predicted molar refractivity (Wildman–Crippen MR) is 103 cm³/mol. The van der Waals surface area contributed by atoms with Gasteiger partial charge in [-0.2, -0.15) is 5.06 Å². The first-order valence-electron chi connectivity index (χ1n) is 9.72. The molecule has 0 aromatic rings. The Bertz CT molecular complexity index is 526. The number of carboxylic acids is 1. The molecule has 0 spiro atoms. The van der Waals surface area contributed by atoms with Crippen LogP contribution in [0.1, 0.15) is 73.1 Å². The Morgan fingerprint density at radius 2 is 1.70 bits per heavy atom. The Hall–Kier alpha value is -1.44. The Labute approximate surface area is 162 Å². The summed E-state index contributed by atoms with van der Waals surface area (Å²) >= 11 is 0. The summed E-state index contributed by atoms with van der Waals surface area (Å²) in [6, 6.07) is 0.0833. The maximum absolute atomic E-state index is 12.2. The largest absolute Gasteiger partial charge is 0.478 e. The number of hydrogen-bond acceptors (Lipinski definition) is 5. The lowest BCUT2D eigenvalue weighted by molar-refractivity contribution is -0.251. The number of aliphatic carboxylic acids is 1. The van der Waals surface area contributed by atoms with Gasteiger partial charge in [-0.1, -0.05) is 12.8 Å². The summed E-state index contributed by atoms with van der Waals surface area (Å²) in [6.45, 7) is 10.2. The van der Waals surface area contributed by atoms with E-state index in [-0.39, 0.29) is 11.9 Å². The van der Waals surface area contributed by atoms with Crippen molar-refractivity contribution in [3.63, 3.8) is 0 Å². The fourth-order valence-electron chi connectivity index (χ4n) is 4.14. The van der Waals surface area contributed by atoms with Crippen LogP contribution in [-0.4, -0.2) is 67.0 Å². The average Bonchev–Trinajstić information content (AvgIpc) is 2.52. The number of piperidine rings is 1. The highest BCUT2D eigenvalue weighted by Crippen LogP contribution is 2.38. The summed E-state index contributed by atoms with van der Waals surface area (Å²) in [4.78, 5) is 24.6. The molecule has 1 rings (SSSR count). The van der Waals surface area contributed by atoms with E-state index in [1.54, 1.807) is 6.92 Å². The Kier molecular flexibility index (Phi) is 8.45. The van der Waals surface area contributed by atoms with Gasteiger partial charge in [0.25, 0.3) is 0 Å². The lowest BCUT2D eigenvalue weighted by Gasteiger charge is -2.53. The third-order valence-corrected chi connectivity index (χ3v) is 5.32. The van der Waals surface area contributed by atoms with Gasteiger partial charge >= 0.3 is 5.97 Å². The number of hydrogen-bond donors (Lipinski definition) is 3. The highest BCUT2D eigenvalue weighted by molar-refractivity contribution is 5.79. The second-order valence-electron chi connectivity index (χ2n) is 8.83. The van der Waals surface area contributed by atoms with Gasteiger partial charge in [-0.05, 0) is 59.5 Å². The van der Waals surface area contributed by atoms with Crippen molar-refractivity contribution in [1.82, 2.24) is 9.96 Å². The summed E-state index contributed by atoms with van der Waals surface area (Å²) < 4.78 is 0. The molecule has 1 atom stereocenters. The Morgan fingerprint density at radius 1 is 1.15 bits per heavy atom. The third kappa shape index (κ3) is 7.24. The first kappa shape index (κ1) is 23.6. The molecule has 156 valence electrons. The topological polar surface area (TPSA) is 101 Å². The first-order chi connectivity index (χ1) is 12.4. The van der Waals surface area contributed by atoms with E-state index in [1.807, 2.05) is 32.6 Å². The Balaban J connectivity index is 2.53. The van der Waals surface area contributed by atoms with Crippen molar-refractivity contribution in [3.8, 4) is 0 Å². The minimum absolute atomic E-state index is 0.0439. The summed E-state index contributed by atoms with van der Waals surface area (Å²) in [6.07, 6.45) is 5.88. The fourth-order valence-corrected chi connectivity index (χ4v) is 4.14. The number of unbranched alkanes of at least 4 members (excludes halogenated alkanes) is 2. The number of hydroxylamine groups is 2. The van der Waals surface area contributed by atoms with Crippen LogP contribution < -0.4 is 0 Å². The molecule has 3 N–H and O–H groups in total. The molecule has 1 aliphatic rings. The molecule has 0 saturated carbocycles. The van der Waals surface area contributed by atoms with Gasteiger partial charge in [-0.3, -0.25) is 4.79 Å². The summed E-state index contributed by atoms with van der Waals surface area (Å²) in [5, 5.41) is 30.1. The average molecular weight is 385 g/mol. The van der Waals surface area contributed by atoms with E-state index < -0.39 is 23.2 Å². The van der Waals surface area contributed by atoms with Crippen LogP contribution in [0.15, 0.2) is 12.2 Å². The van der Waals surface area contributed by atoms with Crippen LogP contribution in [-0.2, 0) is 9.59 Å². The van der Waals surface area contributed by atoms with Crippen molar-refractivity contribution >= 4 is 11.9 Å². The lowest BCUT2D eigenvalue weighted by Crippen LogP contribution is -2.63. The molecule has 0 aromatic carbocycles. The third-order valence-electron chi connectivity index (χ3n) is 5.32. The molecule has 1 heterocycles. The number of aliphatic hydroxyl groups is 1. The van der Waals surface area contributed by atoms with Gasteiger partial charge in [0, 0.05) is 36.7 Å². The van der Waals surface area contributed by atoms with Gasteiger partial charge in [0.1, 0.15) is 0 Å². The molecular formula is C20H36N2O5. The van der Waals surface area contributed by atoms with Crippen LogP contribution in [0.5, 0.6) is 0 Å². The molecule has 0 aromatic heterocycles. The summed E-state index contributed by atoms with van der Waals surface area (Å²) in [7, 11) is 0. The second kappa shape index (κ2) is 9.66. The standard InChI is InChI=1S/C20H36N2O5/c1-15(23)21(12-8-6-7-9-17(24)10-11-18(25)26)16-13-19(2,3)22(27)20(4,5)14-16/h10-11,16-17,24,27H,6-9,12-14H2,1-5H3,(H,25,26). The summed E-state index contributed by atoms with van der Waals surface area (Å²) in [5.74, 6) is -1.02. The molecule has 7 heteroatoms. The molecule has 27 heavy (non-hydrogen) atoms. The van der Waals surface area contributed by atoms with Crippen molar-refractivity contribution in [2.45, 2.75) is 96.4 Å².